The van der Waals surface area contributed by atoms with E-state index in [2.05, 4.69) is 40.0 Å². The monoisotopic (exact) mass is 323 g/mol. The molecule has 1 atom stereocenters. The molecule has 0 radical (unpaired) electrons. The number of hydrogen-bond donors (Lipinski definition) is 0. The van der Waals surface area contributed by atoms with Gasteiger partial charge in [-0.2, -0.15) is 0 Å². The minimum atomic E-state index is 0.386. The second kappa shape index (κ2) is 5.55. The fraction of sp³-hybridized carbons (Fsp3) is 0.467. The highest BCUT2D eigenvalue weighted by molar-refractivity contribution is 9.10. The fourth-order valence-corrected chi connectivity index (χ4v) is 3.05. The van der Waals surface area contributed by atoms with Crippen LogP contribution in [0.3, 0.4) is 0 Å². The number of pyridine rings is 1. The average Bonchev–Trinajstić information content (AvgIpc) is 2.39. The molecule has 0 saturated heterocycles. The van der Waals surface area contributed by atoms with Crippen LogP contribution in [0.1, 0.15) is 30.5 Å². The first kappa shape index (κ1) is 14.4. The van der Waals surface area contributed by atoms with Gasteiger partial charge in [0.1, 0.15) is 0 Å². The van der Waals surface area contributed by atoms with Crippen molar-refractivity contribution in [1.82, 2.24) is 4.98 Å². The Morgan fingerprint density at radius 1 is 1.47 bits per heavy atom. The van der Waals surface area contributed by atoms with Gasteiger partial charge >= 0.3 is 6.41 Å². The van der Waals surface area contributed by atoms with Gasteiger partial charge in [0.15, 0.2) is 0 Å². The van der Waals surface area contributed by atoms with Gasteiger partial charge in [-0.25, -0.2) is 4.79 Å². The number of aromatic nitrogens is 1. The first-order chi connectivity index (χ1) is 8.94. The molecule has 4 heteroatoms. The third-order valence-electron chi connectivity index (χ3n) is 3.95. The van der Waals surface area contributed by atoms with E-state index in [0.29, 0.717) is 10.5 Å². The van der Waals surface area contributed by atoms with E-state index < -0.39 is 0 Å². The number of nitrogens with zero attached hydrogens (tertiary/aromatic N) is 2. The molecule has 1 aromatic rings. The molecule has 1 aliphatic carbocycles. The van der Waals surface area contributed by atoms with Crippen LogP contribution in [0, 0.1) is 6.92 Å². The molecule has 1 aliphatic rings. The average molecular weight is 324 g/mol. The summed E-state index contributed by atoms with van der Waals surface area (Å²) >= 11 is 3.44. The molecule has 102 valence electrons. The number of aryl methyl sites for hydroxylation is 1. The minimum Gasteiger partial charge on any atom is -0.265 e. The van der Waals surface area contributed by atoms with E-state index in [4.69, 9.17) is 0 Å². The van der Waals surface area contributed by atoms with Crippen molar-refractivity contribution >= 4 is 27.9 Å². The van der Waals surface area contributed by atoms with Crippen LogP contribution in [-0.2, 0) is 4.79 Å². The van der Waals surface area contributed by atoms with Crippen LogP contribution in [0.5, 0.6) is 0 Å². The molecule has 2 rings (SSSR count). The van der Waals surface area contributed by atoms with Gasteiger partial charge in [-0.3, -0.25) is 9.47 Å². The Morgan fingerprint density at radius 3 is 2.74 bits per heavy atom. The topological polar surface area (TPSA) is 30.0 Å². The number of hydrogen-bond acceptors (Lipinski definition) is 2. The van der Waals surface area contributed by atoms with Crippen LogP contribution in [0.2, 0.25) is 0 Å². The van der Waals surface area contributed by atoms with Gasteiger partial charge < -0.3 is 0 Å². The van der Waals surface area contributed by atoms with E-state index in [-0.39, 0.29) is 0 Å². The smallest absolute Gasteiger partial charge is 0.265 e. The number of halogens is 1. The van der Waals surface area contributed by atoms with E-state index in [1.54, 1.807) is 0 Å². The normalized spacial score (nSPS) is 20.0. The Balaban J connectivity index is 2.19. The van der Waals surface area contributed by atoms with Crippen LogP contribution in [0.4, 0.5) is 0 Å². The first-order valence-electron chi connectivity index (χ1n) is 6.55. The highest BCUT2D eigenvalue weighted by Gasteiger charge is 2.30. The lowest BCUT2D eigenvalue weighted by Crippen LogP contribution is -2.48. The predicted octanol–water partition coefficient (Wildman–Crippen LogP) is 3.32. The minimum absolute atomic E-state index is 0.386. The third kappa shape index (κ3) is 3.12. The molecule has 0 aromatic carbocycles. The third-order valence-corrected chi connectivity index (χ3v) is 4.38. The van der Waals surface area contributed by atoms with E-state index in [0.717, 1.165) is 35.8 Å². The molecule has 1 amide bonds. The number of carbonyl (C=O) groups excluding carboxylic acids is 1. The summed E-state index contributed by atoms with van der Waals surface area (Å²) in [4.78, 5) is 15.6. The Kier molecular flexibility index (Phi) is 4.21. The second-order valence-electron chi connectivity index (χ2n) is 5.71. The second-order valence-corrected chi connectivity index (χ2v) is 6.63. The van der Waals surface area contributed by atoms with Gasteiger partial charge in [-0.1, -0.05) is 6.08 Å². The largest absolute Gasteiger partial charge is 0.301 e. The molecule has 0 N–H and O–H groups in total. The summed E-state index contributed by atoms with van der Waals surface area (Å²) in [6.45, 7) is 2.09. The highest BCUT2D eigenvalue weighted by atomic mass is 79.9. The summed E-state index contributed by atoms with van der Waals surface area (Å²) < 4.78 is 1.46. The standard InChI is InChI=1S/C15H20BrN2O/c1-11-8-13(16)9-17-15(11)12-4-6-14(7-5-12)18(2,3)10-19/h4,8-10,14H,5-7H2,1-3H3/q+1. The van der Waals surface area contributed by atoms with Crippen LogP contribution in [0.25, 0.3) is 5.57 Å². The summed E-state index contributed by atoms with van der Waals surface area (Å²) in [5.41, 5.74) is 3.61. The Labute approximate surface area is 123 Å². The quantitative estimate of drug-likeness (QED) is 0.631. The molecule has 0 bridgehead atoms. The SMILES string of the molecule is Cc1cc(Br)cnc1C1=CCC([N+](C)(C)C=O)CC1. The predicted molar refractivity (Wildman–Crippen MR) is 80.5 cm³/mol. The van der Waals surface area contributed by atoms with E-state index >= 15 is 0 Å². The lowest BCUT2D eigenvalue weighted by molar-refractivity contribution is -0.832. The molecule has 1 heterocycles. The van der Waals surface area contributed by atoms with Crippen molar-refractivity contribution in [2.45, 2.75) is 32.2 Å². The summed E-state index contributed by atoms with van der Waals surface area (Å²) in [7, 11) is 3.94. The van der Waals surface area contributed by atoms with E-state index in [9.17, 15) is 4.79 Å². The number of amides is 1. The van der Waals surface area contributed by atoms with Crippen molar-refractivity contribution in [3.63, 3.8) is 0 Å². The summed E-state index contributed by atoms with van der Waals surface area (Å²) in [6, 6.07) is 2.48. The molecule has 0 fully saturated rings. The summed E-state index contributed by atoms with van der Waals surface area (Å²) in [6.07, 6.45) is 8.11. The van der Waals surface area contributed by atoms with Crippen molar-refractivity contribution in [2.75, 3.05) is 14.1 Å². The van der Waals surface area contributed by atoms with Crippen molar-refractivity contribution in [2.24, 2.45) is 0 Å². The Hall–Kier alpha value is -1.00. The Bertz CT molecular complexity index is 523. The fourth-order valence-electron chi connectivity index (χ4n) is 2.60. The maximum absolute atomic E-state index is 11.1. The maximum Gasteiger partial charge on any atom is 0.301 e. The lowest BCUT2D eigenvalue weighted by Gasteiger charge is -2.33. The van der Waals surface area contributed by atoms with Gasteiger partial charge in [0.2, 0.25) is 0 Å². The molecular formula is C15H20BrN2O+. The molecule has 1 unspecified atom stereocenters. The molecule has 0 spiro atoms. The van der Waals surface area contributed by atoms with Gasteiger partial charge in [0.05, 0.1) is 25.8 Å². The van der Waals surface area contributed by atoms with Crippen molar-refractivity contribution in [3.05, 3.63) is 34.1 Å². The number of carbonyl (C=O) groups is 1. The number of rotatable bonds is 3. The van der Waals surface area contributed by atoms with Crippen molar-refractivity contribution in [1.29, 1.82) is 0 Å². The molecule has 1 aromatic heterocycles. The maximum atomic E-state index is 11.1. The number of allylic oxidation sites excluding steroid dienone is 1. The van der Waals surface area contributed by atoms with Crippen LogP contribution < -0.4 is 0 Å². The highest BCUT2D eigenvalue weighted by Crippen LogP contribution is 2.31. The van der Waals surface area contributed by atoms with Crippen molar-refractivity contribution < 1.29 is 9.28 Å². The number of quaternary nitrogens is 1. The molecule has 19 heavy (non-hydrogen) atoms. The first-order valence-corrected chi connectivity index (χ1v) is 7.34. The van der Waals surface area contributed by atoms with Crippen LogP contribution in [-0.4, -0.2) is 36.0 Å². The molecule has 0 saturated carbocycles. The van der Waals surface area contributed by atoms with Crippen molar-refractivity contribution in [3.8, 4) is 0 Å². The van der Waals surface area contributed by atoms with Gasteiger partial charge in [0, 0.05) is 23.5 Å². The van der Waals surface area contributed by atoms with Gasteiger partial charge in [-0.05, 0) is 46.5 Å². The van der Waals surface area contributed by atoms with E-state index in [1.807, 2.05) is 20.3 Å². The Morgan fingerprint density at radius 2 is 2.21 bits per heavy atom. The van der Waals surface area contributed by atoms with Crippen LogP contribution >= 0.6 is 15.9 Å². The summed E-state index contributed by atoms with van der Waals surface area (Å²) in [5.74, 6) is 0. The van der Waals surface area contributed by atoms with E-state index in [1.165, 1.54) is 11.1 Å². The van der Waals surface area contributed by atoms with Gasteiger partial charge in [0.25, 0.3) is 0 Å². The summed E-state index contributed by atoms with van der Waals surface area (Å²) in [5, 5.41) is 0. The zero-order valence-corrected chi connectivity index (χ0v) is 13.3. The lowest BCUT2D eigenvalue weighted by atomic mass is 9.90. The molecular weight excluding hydrogens is 304 g/mol. The van der Waals surface area contributed by atoms with Crippen LogP contribution in [0.15, 0.2) is 22.8 Å². The molecule has 0 aliphatic heterocycles. The molecule has 3 nitrogen and oxygen atoms in total. The zero-order valence-electron chi connectivity index (χ0n) is 11.7. The van der Waals surface area contributed by atoms with Gasteiger partial charge in [-0.15, -0.1) is 0 Å². The zero-order chi connectivity index (χ0) is 14.0.